The summed E-state index contributed by atoms with van der Waals surface area (Å²) in [5, 5.41) is -0.0585. The maximum absolute atomic E-state index is 12.4. The van der Waals surface area contributed by atoms with Gasteiger partial charge in [-0.3, -0.25) is 19.6 Å². The zero-order valence-corrected chi connectivity index (χ0v) is 15.7. The molecule has 0 spiro atoms. The molecule has 2 amide bonds. The van der Waals surface area contributed by atoms with Gasteiger partial charge in [-0.25, -0.2) is 0 Å². The largest absolute Gasteiger partial charge is 0.324 e. The van der Waals surface area contributed by atoms with Crippen molar-refractivity contribution in [3.63, 3.8) is 0 Å². The van der Waals surface area contributed by atoms with Crippen molar-refractivity contribution in [2.75, 3.05) is 24.6 Å². The van der Waals surface area contributed by atoms with Crippen molar-refractivity contribution in [2.45, 2.75) is 10.7 Å². The minimum absolute atomic E-state index is 0.0293. The third-order valence-electron chi connectivity index (χ3n) is 4.46. The van der Waals surface area contributed by atoms with Gasteiger partial charge in [0.15, 0.2) is 0 Å². The molecule has 8 heteroatoms. The molecular formula is C18H18N4O2S2. The average molecular weight is 387 g/mol. The van der Waals surface area contributed by atoms with Gasteiger partial charge in [-0.15, -0.1) is 23.5 Å². The average Bonchev–Trinajstić information content (AvgIpc) is 3.24. The number of hydrogen-bond donors (Lipinski definition) is 0. The molecule has 134 valence electrons. The van der Waals surface area contributed by atoms with Gasteiger partial charge in [0.1, 0.15) is 10.7 Å². The van der Waals surface area contributed by atoms with Crippen LogP contribution in [0.1, 0.15) is 21.9 Å². The van der Waals surface area contributed by atoms with E-state index in [4.69, 9.17) is 0 Å². The Morgan fingerprint density at radius 3 is 1.69 bits per heavy atom. The first-order valence-corrected chi connectivity index (χ1v) is 10.5. The maximum atomic E-state index is 12.4. The van der Waals surface area contributed by atoms with Crippen molar-refractivity contribution < 1.29 is 9.59 Å². The highest BCUT2D eigenvalue weighted by atomic mass is 32.2. The predicted molar refractivity (Wildman–Crippen MR) is 102 cm³/mol. The van der Waals surface area contributed by atoms with Crippen molar-refractivity contribution in [1.29, 1.82) is 0 Å². The fourth-order valence-electron chi connectivity index (χ4n) is 3.20. The summed E-state index contributed by atoms with van der Waals surface area (Å²) in [7, 11) is 0. The van der Waals surface area contributed by atoms with Gasteiger partial charge in [0.25, 0.3) is 0 Å². The van der Waals surface area contributed by atoms with Crippen LogP contribution in [0.3, 0.4) is 0 Å². The van der Waals surface area contributed by atoms with Gasteiger partial charge in [-0.1, -0.05) is 12.1 Å². The van der Waals surface area contributed by atoms with Gasteiger partial charge >= 0.3 is 0 Å². The van der Waals surface area contributed by atoms with Crippen LogP contribution in [0.2, 0.25) is 0 Å². The number of rotatable bonds is 5. The van der Waals surface area contributed by atoms with E-state index >= 15 is 0 Å². The molecular weight excluding hydrogens is 368 g/mol. The number of amides is 2. The van der Waals surface area contributed by atoms with Gasteiger partial charge in [0.2, 0.25) is 11.8 Å². The molecule has 2 aromatic rings. The minimum Gasteiger partial charge on any atom is -0.324 e. The summed E-state index contributed by atoms with van der Waals surface area (Å²) in [5.41, 5.74) is 2.04. The topological polar surface area (TPSA) is 66.4 Å². The number of hydrogen-bond acceptors (Lipinski definition) is 6. The van der Waals surface area contributed by atoms with Crippen LogP contribution in [0.4, 0.5) is 0 Å². The van der Waals surface area contributed by atoms with Crippen molar-refractivity contribution in [3.05, 3.63) is 60.2 Å². The number of carbonyl (C=O) groups is 2. The van der Waals surface area contributed by atoms with Crippen molar-refractivity contribution in [1.82, 2.24) is 19.8 Å². The van der Waals surface area contributed by atoms with Crippen molar-refractivity contribution in [3.8, 4) is 0 Å². The molecule has 0 radical (unpaired) electrons. The molecule has 4 rings (SSSR count). The molecule has 0 unspecified atom stereocenters. The Balaban J connectivity index is 1.48. The summed E-state index contributed by atoms with van der Waals surface area (Å²) in [6, 6.07) is 7.75. The third kappa shape index (κ3) is 3.43. The van der Waals surface area contributed by atoms with Gasteiger partial charge in [-0.2, -0.15) is 0 Å². The highest BCUT2D eigenvalue weighted by molar-refractivity contribution is 8.00. The quantitative estimate of drug-likeness (QED) is 0.786. The summed E-state index contributed by atoms with van der Waals surface area (Å²) in [6.07, 6.45) is 7.07. The third-order valence-corrected chi connectivity index (χ3v) is 6.97. The molecule has 2 atom stereocenters. The fraction of sp³-hybridized carbons (Fsp3) is 0.333. The van der Waals surface area contributed by atoms with Crippen LogP contribution in [0.5, 0.6) is 0 Å². The van der Waals surface area contributed by atoms with Crippen molar-refractivity contribution in [2.24, 2.45) is 0 Å². The molecule has 0 bridgehead atoms. The highest BCUT2D eigenvalue weighted by Gasteiger charge is 2.36. The summed E-state index contributed by atoms with van der Waals surface area (Å²) in [6.45, 7) is 1.04. The predicted octanol–water partition coefficient (Wildman–Crippen LogP) is 2.32. The number of pyridine rings is 2. The molecule has 0 N–H and O–H groups in total. The van der Waals surface area contributed by atoms with E-state index in [1.807, 2.05) is 34.1 Å². The van der Waals surface area contributed by atoms with Crippen LogP contribution in [0.25, 0.3) is 0 Å². The summed E-state index contributed by atoms with van der Waals surface area (Å²) in [4.78, 5) is 36.8. The van der Waals surface area contributed by atoms with E-state index in [2.05, 4.69) is 9.97 Å². The normalized spacial score (nSPS) is 23.1. The number of aromatic nitrogens is 2. The van der Waals surface area contributed by atoms with E-state index in [1.54, 1.807) is 48.3 Å². The SMILES string of the molecule is O=C1CS[C@H](c2cccnc2)N1CCN1C(=O)CS[C@@H]1c1cccnc1. The Labute approximate surface area is 160 Å². The summed E-state index contributed by atoms with van der Waals surface area (Å²) >= 11 is 3.22. The van der Waals surface area contributed by atoms with Crippen LogP contribution in [0, 0.1) is 0 Å². The lowest BCUT2D eigenvalue weighted by Gasteiger charge is -2.29. The molecule has 2 fully saturated rings. The smallest absolute Gasteiger partial charge is 0.233 e. The Morgan fingerprint density at radius 1 is 0.846 bits per heavy atom. The van der Waals surface area contributed by atoms with E-state index in [1.165, 1.54) is 0 Å². The number of carbonyl (C=O) groups excluding carboxylic acids is 2. The van der Waals surface area contributed by atoms with E-state index in [0.29, 0.717) is 24.6 Å². The summed E-state index contributed by atoms with van der Waals surface area (Å²) < 4.78 is 0. The first-order valence-electron chi connectivity index (χ1n) is 8.36. The van der Waals surface area contributed by atoms with Crippen LogP contribution in [-0.2, 0) is 9.59 Å². The molecule has 2 aliphatic rings. The molecule has 4 heterocycles. The molecule has 2 saturated heterocycles. The summed E-state index contributed by atoms with van der Waals surface area (Å²) in [5.74, 6) is 1.16. The second kappa shape index (κ2) is 7.67. The minimum atomic E-state index is -0.0293. The lowest BCUT2D eigenvalue weighted by Crippen LogP contribution is -2.39. The fourth-order valence-corrected chi connectivity index (χ4v) is 5.61. The van der Waals surface area contributed by atoms with Gasteiger partial charge < -0.3 is 9.80 Å². The van der Waals surface area contributed by atoms with E-state index < -0.39 is 0 Å². The molecule has 0 saturated carbocycles. The maximum Gasteiger partial charge on any atom is 0.233 e. The van der Waals surface area contributed by atoms with Crippen LogP contribution in [0.15, 0.2) is 49.1 Å². The van der Waals surface area contributed by atoms with Gasteiger partial charge in [0.05, 0.1) is 11.5 Å². The Hall–Kier alpha value is -2.06. The second-order valence-electron chi connectivity index (χ2n) is 6.07. The van der Waals surface area contributed by atoms with Crippen LogP contribution in [-0.4, -0.2) is 56.2 Å². The second-order valence-corrected chi connectivity index (χ2v) is 8.21. The lowest BCUT2D eigenvalue weighted by atomic mass is 10.2. The first kappa shape index (κ1) is 17.4. The van der Waals surface area contributed by atoms with E-state index in [0.717, 1.165) is 11.1 Å². The van der Waals surface area contributed by atoms with E-state index in [9.17, 15) is 9.59 Å². The lowest BCUT2D eigenvalue weighted by molar-refractivity contribution is -0.132. The van der Waals surface area contributed by atoms with Gasteiger partial charge in [-0.05, 0) is 12.1 Å². The molecule has 0 aliphatic carbocycles. The molecule has 26 heavy (non-hydrogen) atoms. The standard InChI is InChI=1S/C18H18N4O2S2/c23-15-11-25-17(13-3-1-5-19-9-13)21(15)7-8-22-16(24)12-26-18(22)14-4-2-6-20-10-14/h1-6,9-10,17-18H,7-8,11-12H2/t17-,18-/m1/s1. The van der Waals surface area contributed by atoms with Gasteiger partial charge in [0, 0.05) is 49.0 Å². The highest BCUT2D eigenvalue weighted by Crippen LogP contribution is 2.40. The zero-order valence-electron chi connectivity index (χ0n) is 14.0. The molecule has 0 aromatic carbocycles. The zero-order chi connectivity index (χ0) is 17.9. The van der Waals surface area contributed by atoms with Crippen LogP contribution < -0.4 is 0 Å². The van der Waals surface area contributed by atoms with E-state index in [-0.39, 0.29) is 22.6 Å². The van der Waals surface area contributed by atoms with Crippen molar-refractivity contribution >= 4 is 35.3 Å². The molecule has 2 aromatic heterocycles. The molecule has 6 nitrogen and oxygen atoms in total. The molecule has 2 aliphatic heterocycles. The Bertz CT molecular complexity index is 723. The monoisotopic (exact) mass is 386 g/mol. The Kier molecular flexibility index (Phi) is 5.12. The first-order chi connectivity index (χ1) is 12.7. The number of nitrogens with zero attached hydrogens (tertiary/aromatic N) is 4. The Morgan fingerprint density at radius 2 is 1.31 bits per heavy atom. The van der Waals surface area contributed by atoms with Crippen LogP contribution >= 0.6 is 23.5 Å². The number of thioether (sulfide) groups is 2.